The number of nitrogens with one attached hydrogen (secondary N) is 1. The summed E-state index contributed by atoms with van der Waals surface area (Å²) >= 11 is 0. The van der Waals surface area contributed by atoms with E-state index in [1.54, 1.807) is 6.07 Å². The fraction of sp³-hybridized carbons (Fsp3) is 0.667. The average Bonchev–Trinajstić information content (AvgIpc) is 2.74. The minimum atomic E-state index is -0.114. The SMILES string of the molecule is CC(C)CNC(=O)c1cc(N2CCCCCC2)ncn1. The molecule has 0 saturated carbocycles. The van der Waals surface area contributed by atoms with E-state index in [0.717, 1.165) is 18.9 Å². The van der Waals surface area contributed by atoms with Crippen LogP contribution in [0.15, 0.2) is 12.4 Å². The molecule has 1 aliphatic heterocycles. The van der Waals surface area contributed by atoms with Crippen molar-refractivity contribution in [2.24, 2.45) is 5.92 Å². The number of hydrogen-bond donors (Lipinski definition) is 1. The van der Waals surface area contributed by atoms with Crippen LogP contribution in [0.3, 0.4) is 0 Å². The first-order valence-corrected chi connectivity index (χ1v) is 7.52. The first-order valence-electron chi connectivity index (χ1n) is 7.52. The molecule has 0 unspecified atom stereocenters. The van der Waals surface area contributed by atoms with Gasteiger partial charge in [-0.05, 0) is 18.8 Å². The second-order valence-electron chi connectivity index (χ2n) is 5.77. The van der Waals surface area contributed by atoms with Crippen LogP contribution >= 0.6 is 0 Å². The standard InChI is InChI=1S/C15H24N4O/c1-12(2)10-16-15(20)13-9-14(18-11-17-13)19-7-5-3-4-6-8-19/h9,11-12H,3-8,10H2,1-2H3,(H,16,20). The quantitative estimate of drug-likeness (QED) is 0.916. The normalized spacial score (nSPS) is 16.1. The third kappa shape index (κ3) is 4.18. The molecule has 0 atom stereocenters. The van der Waals surface area contributed by atoms with Gasteiger partial charge in [0.2, 0.25) is 0 Å². The molecule has 110 valence electrons. The Morgan fingerprint density at radius 1 is 1.25 bits per heavy atom. The van der Waals surface area contributed by atoms with Crippen molar-refractivity contribution in [2.75, 3.05) is 24.5 Å². The number of anilines is 1. The van der Waals surface area contributed by atoms with Crippen LogP contribution in [0.5, 0.6) is 0 Å². The highest BCUT2D eigenvalue weighted by atomic mass is 16.1. The van der Waals surface area contributed by atoms with E-state index in [-0.39, 0.29) is 5.91 Å². The summed E-state index contributed by atoms with van der Waals surface area (Å²) in [6.45, 7) is 6.85. The monoisotopic (exact) mass is 276 g/mol. The summed E-state index contributed by atoms with van der Waals surface area (Å²) in [7, 11) is 0. The van der Waals surface area contributed by atoms with Gasteiger partial charge in [-0.1, -0.05) is 26.7 Å². The van der Waals surface area contributed by atoms with Gasteiger partial charge in [-0.25, -0.2) is 9.97 Å². The third-order valence-corrected chi connectivity index (χ3v) is 3.49. The molecule has 1 aliphatic rings. The molecule has 20 heavy (non-hydrogen) atoms. The molecule has 0 aliphatic carbocycles. The van der Waals surface area contributed by atoms with Gasteiger partial charge in [0, 0.05) is 25.7 Å². The topological polar surface area (TPSA) is 58.1 Å². The Morgan fingerprint density at radius 2 is 1.95 bits per heavy atom. The summed E-state index contributed by atoms with van der Waals surface area (Å²) < 4.78 is 0. The molecule has 1 aromatic rings. The Kier molecular flexibility index (Phi) is 5.32. The predicted molar refractivity (Wildman–Crippen MR) is 79.9 cm³/mol. The van der Waals surface area contributed by atoms with Gasteiger partial charge in [-0.3, -0.25) is 4.79 Å². The molecule has 1 amide bonds. The van der Waals surface area contributed by atoms with Crippen LogP contribution < -0.4 is 10.2 Å². The van der Waals surface area contributed by atoms with Gasteiger partial charge in [0.25, 0.3) is 5.91 Å². The van der Waals surface area contributed by atoms with E-state index in [9.17, 15) is 4.79 Å². The number of nitrogens with zero attached hydrogens (tertiary/aromatic N) is 3. The molecule has 5 nitrogen and oxygen atoms in total. The van der Waals surface area contributed by atoms with E-state index < -0.39 is 0 Å². The fourth-order valence-electron chi connectivity index (χ4n) is 2.33. The van der Waals surface area contributed by atoms with E-state index in [1.807, 2.05) is 0 Å². The van der Waals surface area contributed by atoms with Gasteiger partial charge in [-0.15, -0.1) is 0 Å². The van der Waals surface area contributed by atoms with Gasteiger partial charge < -0.3 is 10.2 Å². The predicted octanol–water partition coefficient (Wildman–Crippen LogP) is 2.24. The van der Waals surface area contributed by atoms with E-state index in [4.69, 9.17) is 0 Å². The maximum Gasteiger partial charge on any atom is 0.270 e. The third-order valence-electron chi connectivity index (χ3n) is 3.49. The Hall–Kier alpha value is -1.65. The van der Waals surface area contributed by atoms with E-state index in [0.29, 0.717) is 18.2 Å². The molecule has 1 N–H and O–H groups in total. The second-order valence-corrected chi connectivity index (χ2v) is 5.77. The van der Waals surface area contributed by atoms with Gasteiger partial charge in [0.1, 0.15) is 17.8 Å². The number of carbonyl (C=O) groups is 1. The fourth-order valence-corrected chi connectivity index (χ4v) is 2.33. The van der Waals surface area contributed by atoms with Gasteiger partial charge in [-0.2, -0.15) is 0 Å². The van der Waals surface area contributed by atoms with E-state index in [1.165, 1.54) is 32.0 Å². The van der Waals surface area contributed by atoms with Crippen LogP contribution in [0.4, 0.5) is 5.82 Å². The zero-order valence-corrected chi connectivity index (χ0v) is 12.4. The van der Waals surface area contributed by atoms with Crippen molar-refractivity contribution in [1.29, 1.82) is 0 Å². The van der Waals surface area contributed by atoms with Crippen molar-refractivity contribution < 1.29 is 4.79 Å². The Balaban J connectivity index is 2.04. The lowest BCUT2D eigenvalue weighted by Crippen LogP contribution is -2.29. The summed E-state index contributed by atoms with van der Waals surface area (Å²) in [5.74, 6) is 1.19. The summed E-state index contributed by atoms with van der Waals surface area (Å²) in [5.41, 5.74) is 0.458. The number of rotatable bonds is 4. The van der Waals surface area contributed by atoms with Crippen molar-refractivity contribution >= 4 is 11.7 Å². The number of amides is 1. The van der Waals surface area contributed by atoms with Crippen molar-refractivity contribution in [3.05, 3.63) is 18.1 Å². The molecule has 2 heterocycles. The second kappa shape index (κ2) is 7.22. The molecule has 1 fully saturated rings. The summed E-state index contributed by atoms with van der Waals surface area (Å²) in [6, 6.07) is 1.81. The maximum atomic E-state index is 12.0. The first kappa shape index (κ1) is 14.8. The van der Waals surface area contributed by atoms with Crippen LogP contribution in [-0.4, -0.2) is 35.5 Å². The summed E-state index contributed by atoms with van der Waals surface area (Å²) in [4.78, 5) is 22.7. The smallest absolute Gasteiger partial charge is 0.270 e. The zero-order chi connectivity index (χ0) is 14.4. The molecular weight excluding hydrogens is 252 g/mol. The lowest BCUT2D eigenvalue weighted by molar-refractivity contribution is 0.0944. The first-order chi connectivity index (χ1) is 9.66. The molecule has 2 rings (SSSR count). The minimum absolute atomic E-state index is 0.114. The maximum absolute atomic E-state index is 12.0. The highest BCUT2D eigenvalue weighted by molar-refractivity contribution is 5.92. The number of carbonyl (C=O) groups excluding carboxylic acids is 1. The molecule has 0 radical (unpaired) electrons. The molecule has 0 aromatic carbocycles. The van der Waals surface area contributed by atoms with E-state index in [2.05, 4.69) is 34.0 Å². The largest absolute Gasteiger partial charge is 0.357 e. The van der Waals surface area contributed by atoms with Crippen LogP contribution in [0.25, 0.3) is 0 Å². The lowest BCUT2D eigenvalue weighted by Gasteiger charge is -2.21. The highest BCUT2D eigenvalue weighted by Crippen LogP contribution is 2.17. The lowest BCUT2D eigenvalue weighted by atomic mass is 10.2. The van der Waals surface area contributed by atoms with Gasteiger partial charge >= 0.3 is 0 Å². The van der Waals surface area contributed by atoms with E-state index >= 15 is 0 Å². The Labute approximate surface area is 120 Å². The van der Waals surface area contributed by atoms with Crippen LogP contribution in [0, 0.1) is 5.92 Å². The average molecular weight is 276 g/mol. The molecular formula is C15H24N4O. The Bertz CT molecular complexity index is 439. The zero-order valence-electron chi connectivity index (χ0n) is 12.4. The van der Waals surface area contributed by atoms with Crippen molar-refractivity contribution in [2.45, 2.75) is 39.5 Å². The van der Waals surface area contributed by atoms with Crippen LogP contribution in [-0.2, 0) is 0 Å². The van der Waals surface area contributed by atoms with Gasteiger partial charge in [0.15, 0.2) is 0 Å². The van der Waals surface area contributed by atoms with Gasteiger partial charge in [0.05, 0.1) is 0 Å². The van der Waals surface area contributed by atoms with Crippen LogP contribution in [0.2, 0.25) is 0 Å². The molecule has 0 spiro atoms. The molecule has 0 bridgehead atoms. The van der Waals surface area contributed by atoms with Crippen molar-refractivity contribution in [3.63, 3.8) is 0 Å². The van der Waals surface area contributed by atoms with Crippen molar-refractivity contribution in [3.8, 4) is 0 Å². The minimum Gasteiger partial charge on any atom is -0.357 e. The van der Waals surface area contributed by atoms with Crippen LogP contribution in [0.1, 0.15) is 50.0 Å². The molecule has 1 saturated heterocycles. The highest BCUT2D eigenvalue weighted by Gasteiger charge is 2.14. The Morgan fingerprint density at radius 3 is 2.60 bits per heavy atom. The molecule has 5 heteroatoms. The number of hydrogen-bond acceptors (Lipinski definition) is 4. The summed E-state index contributed by atoms with van der Waals surface area (Å²) in [6.07, 6.45) is 6.44. The van der Waals surface area contributed by atoms with Crippen molar-refractivity contribution in [1.82, 2.24) is 15.3 Å². The molecule has 1 aromatic heterocycles. The number of aromatic nitrogens is 2. The summed E-state index contributed by atoms with van der Waals surface area (Å²) in [5, 5.41) is 2.89.